The van der Waals surface area contributed by atoms with E-state index in [9.17, 15) is 18.3 Å². The normalized spacial score (nSPS) is 15.3. The molecule has 1 aliphatic rings. The number of aliphatic hydroxyl groups is 1. The Labute approximate surface area is 229 Å². The van der Waals surface area contributed by atoms with Gasteiger partial charge in [0.15, 0.2) is 5.15 Å². The zero-order valence-corrected chi connectivity index (χ0v) is 23.3. The number of nitrogens with one attached hydrogen (secondary N) is 1. The minimum atomic E-state index is -3.98. The van der Waals surface area contributed by atoms with Gasteiger partial charge >= 0.3 is 0 Å². The van der Waals surface area contributed by atoms with Crippen LogP contribution in [-0.2, 0) is 28.0 Å². The molecule has 202 valence electrons. The van der Waals surface area contributed by atoms with Crippen LogP contribution >= 0.6 is 11.6 Å². The van der Waals surface area contributed by atoms with Crippen LogP contribution in [0.15, 0.2) is 59.5 Å². The highest BCUT2D eigenvalue weighted by Crippen LogP contribution is 2.38. The Kier molecular flexibility index (Phi) is 9.07. The zero-order chi connectivity index (χ0) is 27.3. The summed E-state index contributed by atoms with van der Waals surface area (Å²) >= 11 is 6.26. The number of hydrogen-bond donors (Lipinski definition) is 2. The van der Waals surface area contributed by atoms with E-state index in [1.165, 1.54) is 12.1 Å². The Morgan fingerprint density at radius 1 is 1.16 bits per heavy atom. The SMILES string of the molecule is CC/C=C/c1nc(Cl)c(CO)n1Cc1ccc(C(C(=O)NS(=O)(=O)c2ccc(C)cc2)C2CCCC2)cc1. The number of allylic oxidation sites excluding steroid dienone is 1. The molecule has 0 saturated heterocycles. The van der Waals surface area contributed by atoms with E-state index in [4.69, 9.17) is 11.6 Å². The predicted molar refractivity (Wildman–Crippen MR) is 149 cm³/mol. The largest absolute Gasteiger partial charge is 0.390 e. The van der Waals surface area contributed by atoms with Crippen LogP contribution in [0.2, 0.25) is 5.15 Å². The maximum atomic E-state index is 13.4. The second-order valence-electron chi connectivity index (χ2n) is 9.81. The molecule has 0 spiro atoms. The molecule has 4 rings (SSSR count). The molecular weight excluding hydrogens is 522 g/mol. The van der Waals surface area contributed by atoms with E-state index in [1.54, 1.807) is 12.1 Å². The summed E-state index contributed by atoms with van der Waals surface area (Å²) in [6, 6.07) is 14.1. The van der Waals surface area contributed by atoms with Gasteiger partial charge < -0.3 is 9.67 Å². The van der Waals surface area contributed by atoms with Crippen molar-refractivity contribution in [2.45, 2.75) is 69.9 Å². The van der Waals surface area contributed by atoms with Crippen molar-refractivity contribution in [3.63, 3.8) is 0 Å². The summed E-state index contributed by atoms with van der Waals surface area (Å²) in [5.74, 6) is -0.325. The molecule has 9 heteroatoms. The van der Waals surface area contributed by atoms with Gasteiger partial charge in [-0.3, -0.25) is 4.79 Å². The van der Waals surface area contributed by atoms with Crippen LogP contribution in [0.1, 0.15) is 73.2 Å². The number of aliphatic hydroxyl groups excluding tert-OH is 1. The number of rotatable bonds is 10. The molecule has 0 radical (unpaired) electrons. The summed E-state index contributed by atoms with van der Waals surface area (Å²) in [4.78, 5) is 17.9. The van der Waals surface area contributed by atoms with E-state index < -0.39 is 21.8 Å². The number of carbonyl (C=O) groups excluding carboxylic acids is 1. The van der Waals surface area contributed by atoms with Crippen molar-refractivity contribution >= 4 is 33.6 Å². The molecule has 2 N–H and O–H groups in total. The molecule has 0 aliphatic heterocycles. The van der Waals surface area contributed by atoms with Gasteiger partial charge in [0.05, 0.1) is 23.1 Å². The molecule has 0 bridgehead atoms. The van der Waals surface area contributed by atoms with E-state index in [0.717, 1.165) is 48.8 Å². The number of nitrogens with zero attached hydrogens (tertiary/aromatic N) is 2. The van der Waals surface area contributed by atoms with Crippen molar-refractivity contribution < 1.29 is 18.3 Å². The van der Waals surface area contributed by atoms with Crippen molar-refractivity contribution in [1.82, 2.24) is 14.3 Å². The van der Waals surface area contributed by atoms with Crippen LogP contribution in [0.25, 0.3) is 6.08 Å². The van der Waals surface area contributed by atoms with E-state index in [-0.39, 0.29) is 22.6 Å². The lowest BCUT2D eigenvalue weighted by molar-refractivity contribution is -0.121. The maximum absolute atomic E-state index is 13.4. The van der Waals surface area contributed by atoms with Gasteiger partial charge in [0.1, 0.15) is 5.82 Å². The van der Waals surface area contributed by atoms with Crippen molar-refractivity contribution in [2.75, 3.05) is 0 Å². The molecule has 1 aromatic heterocycles. The lowest BCUT2D eigenvalue weighted by Crippen LogP contribution is -2.37. The molecule has 38 heavy (non-hydrogen) atoms. The molecule has 1 heterocycles. The van der Waals surface area contributed by atoms with Crippen LogP contribution in [0.5, 0.6) is 0 Å². The first-order valence-corrected chi connectivity index (χ1v) is 14.8. The molecule has 3 aromatic rings. The molecule has 1 amide bonds. The average Bonchev–Trinajstić information content (AvgIpc) is 3.51. The van der Waals surface area contributed by atoms with Crippen LogP contribution in [-0.4, -0.2) is 29.0 Å². The minimum absolute atomic E-state index is 0.0728. The van der Waals surface area contributed by atoms with Gasteiger partial charge in [0.2, 0.25) is 5.91 Å². The Morgan fingerprint density at radius 3 is 2.42 bits per heavy atom. The van der Waals surface area contributed by atoms with Crippen LogP contribution in [0, 0.1) is 12.8 Å². The van der Waals surface area contributed by atoms with E-state index >= 15 is 0 Å². The molecule has 2 aromatic carbocycles. The van der Waals surface area contributed by atoms with Gasteiger partial charge in [-0.25, -0.2) is 18.1 Å². The van der Waals surface area contributed by atoms with Crippen LogP contribution in [0.4, 0.5) is 0 Å². The molecular formula is C29H34ClN3O4S. The van der Waals surface area contributed by atoms with Gasteiger partial charge in [-0.1, -0.05) is 79.4 Å². The highest BCUT2D eigenvalue weighted by atomic mass is 35.5. The van der Waals surface area contributed by atoms with E-state index in [0.29, 0.717) is 18.1 Å². The summed E-state index contributed by atoms with van der Waals surface area (Å²) in [7, 11) is -3.98. The van der Waals surface area contributed by atoms with Gasteiger partial charge in [0, 0.05) is 6.54 Å². The van der Waals surface area contributed by atoms with Gasteiger partial charge in [-0.05, 0) is 61.4 Å². The summed E-state index contributed by atoms with van der Waals surface area (Å²) in [6.07, 6.45) is 8.52. The second kappa shape index (κ2) is 12.3. The standard InChI is InChI=1S/C29H34ClN3O4S/c1-3-4-9-26-31-28(30)25(19-34)33(26)18-21-12-14-23(15-13-21)27(22-7-5-6-8-22)29(35)32-38(36,37)24-16-10-20(2)11-17-24/h4,9-17,22,27,34H,3,5-8,18-19H2,1-2H3,(H,32,35)/b9-4+. The van der Waals surface area contributed by atoms with Crippen molar-refractivity contribution in [3.05, 3.63) is 88.0 Å². The summed E-state index contributed by atoms with van der Waals surface area (Å²) in [5.41, 5.74) is 3.21. The van der Waals surface area contributed by atoms with Gasteiger partial charge in [-0.2, -0.15) is 0 Å². The number of halogens is 1. The highest BCUT2D eigenvalue weighted by Gasteiger charge is 2.34. The smallest absolute Gasteiger partial charge is 0.264 e. The zero-order valence-electron chi connectivity index (χ0n) is 21.7. The number of sulfonamides is 1. The summed E-state index contributed by atoms with van der Waals surface area (Å²) in [5, 5.41) is 10.1. The molecule has 1 atom stereocenters. The van der Waals surface area contributed by atoms with Crippen LogP contribution in [0.3, 0.4) is 0 Å². The first-order valence-electron chi connectivity index (χ1n) is 13.0. The Hall–Kier alpha value is -2.94. The van der Waals surface area contributed by atoms with Crippen molar-refractivity contribution in [3.8, 4) is 0 Å². The Balaban J connectivity index is 1.59. The molecule has 1 saturated carbocycles. The number of benzene rings is 2. The molecule has 1 fully saturated rings. The summed E-state index contributed by atoms with van der Waals surface area (Å²) in [6.45, 7) is 4.12. The Morgan fingerprint density at radius 2 is 1.82 bits per heavy atom. The third-order valence-electron chi connectivity index (χ3n) is 7.11. The summed E-state index contributed by atoms with van der Waals surface area (Å²) < 4.78 is 30.1. The quantitative estimate of drug-likeness (QED) is 0.340. The van der Waals surface area contributed by atoms with Crippen LogP contribution < -0.4 is 4.72 Å². The number of aryl methyl sites for hydroxylation is 1. The predicted octanol–water partition coefficient (Wildman–Crippen LogP) is 5.59. The number of carbonyl (C=O) groups is 1. The van der Waals surface area contributed by atoms with E-state index in [1.807, 2.05) is 54.8 Å². The Bertz CT molecular complexity index is 1390. The fourth-order valence-electron chi connectivity index (χ4n) is 5.07. The molecule has 7 nitrogen and oxygen atoms in total. The topological polar surface area (TPSA) is 101 Å². The highest BCUT2D eigenvalue weighted by molar-refractivity contribution is 7.90. The van der Waals surface area contributed by atoms with Gasteiger partial charge in [0.25, 0.3) is 10.0 Å². The third kappa shape index (κ3) is 6.37. The number of amides is 1. The average molecular weight is 556 g/mol. The number of imidazole rings is 1. The fourth-order valence-corrected chi connectivity index (χ4v) is 6.32. The maximum Gasteiger partial charge on any atom is 0.264 e. The fraction of sp³-hybridized carbons (Fsp3) is 0.379. The minimum Gasteiger partial charge on any atom is -0.390 e. The monoisotopic (exact) mass is 555 g/mol. The molecule has 1 unspecified atom stereocenters. The lowest BCUT2D eigenvalue weighted by atomic mass is 9.84. The second-order valence-corrected chi connectivity index (χ2v) is 11.8. The van der Waals surface area contributed by atoms with E-state index in [2.05, 4.69) is 9.71 Å². The first-order chi connectivity index (χ1) is 18.2. The van der Waals surface area contributed by atoms with Crippen molar-refractivity contribution in [2.24, 2.45) is 5.92 Å². The number of hydrogen-bond acceptors (Lipinski definition) is 5. The van der Waals surface area contributed by atoms with Gasteiger partial charge in [-0.15, -0.1) is 0 Å². The molecule has 1 aliphatic carbocycles. The third-order valence-corrected chi connectivity index (χ3v) is 8.77. The lowest BCUT2D eigenvalue weighted by Gasteiger charge is -2.23. The number of aromatic nitrogens is 2. The first kappa shape index (κ1) is 28.1. The van der Waals surface area contributed by atoms with Crippen molar-refractivity contribution in [1.29, 1.82) is 0 Å².